The molecule has 0 atom stereocenters. The molecule has 1 amide bonds. The van der Waals surface area contributed by atoms with Crippen LogP contribution >= 0.6 is 23.1 Å². The molecular weight excluding hydrogens is 366 g/mol. The second-order valence-electron chi connectivity index (χ2n) is 6.33. The molecule has 3 aromatic rings. The number of hydrogen-bond acceptors (Lipinski definition) is 5. The third-order valence-electron chi connectivity index (χ3n) is 4.51. The Kier molecular flexibility index (Phi) is 4.82. The van der Waals surface area contributed by atoms with Crippen molar-refractivity contribution in [3.63, 3.8) is 0 Å². The lowest BCUT2D eigenvalue weighted by Gasteiger charge is -2.12. The predicted octanol–water partition coefficient (Wildman–Crippen LogP) is 3.51. The number of nitrogens with one attached hydrogen (secondary N) is 1. The van der Waals surface area contributed by atoms with Gasteiger partial charge in [-0.15, -0.1) is 23.1 Å². The summed E-state index contributed by atoms with van der Waals surface area (Å²) in [6.07, 6.45) is 4.22. The van der Waals surface area contributed by atoms with Crippen LogP contribution in [0.3, 0.4) is 0 Å². The van der Waals surface area contributed by atoms with Crippen molar-refractivity contribution in [1.29, 1.82) is 0 Å². The molecule has 1 aromatic carbocycles. The molecule has 1 aliphatic carbocycles. The lowest BCUT2D eigenvalue weighted by atomic mass is 9.97. The lowest BCUT2D eigenvalue weighted by Crippen LogP contribution is -2.36. The van der Waals surface area contributed by atoms with Gasteiger partial charge in [0.15, 0.2) is 0 Å². The van der Waals surface area contributed by atoms with Gasteiger partial charge in [0.25, 0.3) is 5.56 Å². The van der Waals surface area contributed by atoms with Crippen molar-refractivity contribution in [1.82, 2.24) is 9.66 Å². The number of carbonyl (C=O) groups is 1. The van der Waals surface area contributed by atoms with Crippen molar-refractivity contribution < 1.29 is 4.79 Å². The fraction of sp³-hybridized carbons (Fsp3) is 0.316. The summed E-state index contributed by atoms with van der Waals surface area (Å²) < 4.78 is 1.30. The number of nitrogens with zero attached hydrogens (tertiary/aromatic N) is 2. The molecule has 1 aliphatic rings. The average Bonchev–Trinajstić information content (AvgIpc) is 3.02. The number of aryl methyl sites for hydroxylation is 3. The van der Waals surface area contributed by atoms with Gasteiger partial charge in [0.1, 0.15) is 10.7 Å². The minimum Gasteiger partial charge on any atom is -0.272 e. The first-order valence-electron chi connectivity index (χ1n) is 8.65. The van der Waals surface area contributed by atoms with Crippen molar-refractivity contribution in [2.75, 3.05) is 11.2 Å². The Morgan fingerprint density at radius 1 is 1.27 bits per heavy atom. The third kappa shape index (κ3) is 3.29. The van der Waals surface area contributed by atoms with Gasteiger partial charge in [-0.3, -0.25) is 15.0 Å². The summed E-state index contributed by atoms with van der Waals surface area (Å²) in [6.45, 7) is 1.75. The van der Waals surface area contributed by atoms with E-state index in [9.17, 15) is 9.59 Å². The first-order chi connectivity index (χ1) is 12.6. The fourth-order valence-electron chi connectivity index (χ4n) is 3.26. The number of thiophene rings is 1. The quantitative estimate of drug-likeness (QED) is 0.698. The number of thioether (sulfide) groups is 1. The zero-order valence-corrected chi connectivity index (χ0v) is 16.1. The molecule has 7 heteroatoms. The average molecular weight is 386 g/mol. The van der Waals surface area contributed by atoms with Crippen LogP contribution in [-0.2, 0) is 17.6 Å². The van der Waals surface area contributed by atoms with Gasteiger partial charge in [0.2, 0.25) is 5.91 Å². The molecule has 2 aromatic heterocycles. The first-order valence-corrected chi connectivity index (χ1v) is 10.5. The summed E-state index contributed by atoms with van der Waals surface area (Å²) >= 11 is 3.06. The Bertz CT molecular complexity index is 1020. The van der Waals surface area contributed by atoms with Crippen molar-refractivity contribution >= 4 is 39.2 Å². The van der Waals surface area contributed by atoms with Gasteiger partial charge in [0, 0.05) is 9.77 Å². The van der Waals surface area contributed by atoms with E-state index in [-0.39, 0.29) is 17.2 Å². The van der Waals surface area contributed by atoms with Crippen LogP contribution < -0.4 is 11.0 Å². The molecule has 0 unspecified atom stereocenters. The van der Waals surface area contributed by atoms with Crippen LogP contribution in [0.4, 0.5) is 0 Å². The second kappa shape index (κ2) is 7.25. The van der Waals surface area contributed by atoms with Crippen LogP contribution in [0.25, 0.3) is 10.2 Å². The highest BCUT2D eigenvalue weighted by atomic mass is 32.2. The zero-order chi connectivity index (χ0) is 18.1. The molecule has 5 nitrogen and oxygen atoms in total. The van der Waals surface area contributed by atoms with Gasteiger partial charge < -0.3 is 0 Å². The largest absolute Gasteiger partial charge is 0.281 e. The summed E-state index contributed by atoms with van der Waals surface area (Å²) in [5.41, 5.74) is 3.70. The maximum Gasteiger partial charge on any atom is 0.281 e. The first kappa shape index (κ1) is 17.3. The van der Waals surface area contributed by atoms with E-state index in [0.29, 0.717) is 11.2 Å². The van der Waals surface area contributed by atoms with Crippen molar-refractivity contribution in [2.45, 2.75) is 37.5 Å². The van der Waals surface area contributed by atoms with E-state index in [2.05, 4.69) is 10.4 Å². The number of rotatable bonds is 4. The van der Waals surface area contributed by atoms with Gasteiger partial charge in [-0.05, 0) is 50.3 Å². The fourth-order valence-corrected chi connectivity index (χ4v) is 5.27. The number of benzene rings is 1. The number of hydrogen-bond donors (Lipinski definition) is 1. The molecule has 0 radical (unpaired) electrons. The van der Waals surface area contributed by atoms with E-state index in [1.54, 1.807) is 18.3 Å². The second-order valence-corrected chi connectivity index (χ2v) is 8.46. The van der Waals surface area contributed by atoms with Crippen LogP contribution in [0, 0.1) is 6.92 Å². The molecular formula is C19H19N3O2S2. The number of amides is 1. The molecule has 1 N–H and O–H groups in total. The number of aromatic nitrogens is 2. The molecule has 0 saturated heterocycles. The summed E-state index contributed by atoms with van der Waals surface area (Å²) in [5, 5.41) is 0.686. The Morgan fingerprint density at radius 3 is 2.85 bits per heavy atom. The predicted molar refractivity (Wildman–Crippen MR) is 107 cm³/mol. The van der Waals surface area contributed by atoms with E-state index in [1.807, 2.05) is 30.3 Å². The topological polar surface area (TPSA) is 64.0 Å². The summed E-state index contributed by atoms with van der Waals surface area (Å²) in [7, 11) is 0. The molecule has 2 heterocycles. The normalized spacial score (nSPS) is 13.6. The maximum atomic E-state index is 13.0. The minimum absolute atomic E-state index is 0.162. The molecule has 0 aliphatic heterocycles. The van der Waals surface area contributed by atoms with E-state index in [0.717, 1.165) is 34.6 Å². The van der Waals surface area contributed by atoms with Crippen molar-refractivity contribution in [3.8, 4) is 0 Å². The van der Waals surface area contributed by atoms with Crippen molar-refractivity contribution in [2.24, 2.45) is 0 Å². The van der Waals surface area contributed by atoms with Gasteiger partial charge in [0.05, 0.1) is 11.1 Å². The van der Waals surface area contributed by atoms with Crippen LogP contribution in [0.2, 0.25) is 0 Å². The van der Waals surface area contributed by atoms with Gasteiger partial charge in [-0.2, -0.15) is 0 Å². The highest BCUT2D eigenvalue weighted by Crippen LogP contribution is 2.33. The summed E-state index contributed by atoms with van der Waals surface area (Å²) in [5.74, 6) is 0.545. The molecule has 0 bridgehead atoms. The standard InChI is InChI=1S/C19H19N3O2S2/c1-12-20-18-17(14-9-5-6-10-15(14)26-18)19(24)22(12)21-16(23)11-25-13-7-3-2-4-8-13/h2-4,7-8H,5-6,9-11H2,1H3,(H,21,23). The number of carbonyl (C=O) groups excluding carboxylic acids is 1. The van der Waals surface area contributed by atoms with Gasteiger partial charge in [-0.25, -0.2) is 9.66 Å². The Balaban J connectivity index is 1.60. The summed E-state index contributed by atoms with van der Waals surface area (Å²) in [6, 6.07) is 9.73. The Morgan fingerprint density at radius 2 is 2.04 bits per heavy atom. The van der Waals surface area contributed by atoms with Crippen molar-refractivity contribution in [3.05, 3.63) is 57.0 Å². The van der Waals surface area contributed by atoms with E-state index >= 15 is 0 Å². The molecule has 26 heavy (non-hydrogen) atoms. The molecule has 134 valence electrons. The number of fused-ring (bicyclic) bond motifs is 3. The van der Waals surface area contributed by atoms with Crippen LogP contribution in [0.1, 0.15) is 29.1 Å². The zero-order valence-electron chi connectivity index (χ0n) is 14.4. The highest BCUT2D eigenvalue weighted by molar-refractivity contribution is 8.00. The smallest absolute Gasteiger partial charge is 0.272 e. The molecule has 0 spiro atoms. The maximum absolute atomic E-state index is 13.0. The van der Waals surface area contributed by atoms with Gasteiger partial charge in [-0.1, -0.05) is 18.2 Å². The molecule has 0 fully saturated rings. The monoisotopic (exact) mass is 385 g/mol. The Labute approximate surface area is 159 Å². The van der Waals surface area contributed by atoms with Crippen LogP contribution in [-0.4, -0.2) is 21.3 Å². The minimum atomic E-state index is -0.214. The summed E-state index contributed by atoms with van der Waals surface area (Å²) in [4.78, 5) is 33.0. The SMILES string of the molecule is Cc1nc2sc3c(c2c(=O)n1NC(=O)CSc1ccccc1)CCCC3. The lowest BCUT2D eigenvalue weighted by molar-refractivity contribution is -0.114. The molecule has 0 saturated carbocycles. The van der Waals surface area contributed by atoms with Gasteiger partial charge >= 0.3 is 0 Å². The van der Waals surface area contributed by atoms with E-state index in [4.69, 9.17) is 0 Å². The third-order valence-corrected chi connectivity index (χ3v) is 6.70. The van der Waals surface area contributed by atoms with Crippen LogP contribution in [0.5, 0.6) is 0 Å². The highest BCUT2D eigenvalue weighted by Gasteiger charge is 2.21. The Hall–Kier alpha value is -2.12. The van der Waals surface area contributed by atoms with E-state index < -0.39 is 0 Å². The van der Waals surface area contributed by atoms with E-state index in [1.165, 1.54) is 27.7 Å². The molecule has 4 rings (SSSR count). The van der Waals surface area contributed by atoms with Crippen LogP contribution in [0.15, 0.2) is 40.0 Å².